The van der Waals surface area contributed by atoms with E-state index in [9.17, 15) is 5.11 Å². The normalized spacial score (nSPS) is 13.9. The van der Waals surface area contributed by atoms with Crippen molar-refractivity contribution in [2.75, 3.05) is 0 Å². The van der Waals surface area contributed by atoms with Crippen LogP contribution in [0.25, 0.3) is 0 Å². The summed E-state index contributed by atoms with van der Waals surface area (Å²) < 4.78 is 0. The van der Waals surface area contributed by atoms with Gasteiger partial charge in [0.25, 0.3) is 0 Å². The van der Waals surface area contributed by atoms with E-state index in [4.69, 9.17) is 0 Å². The number of hydrogen-bond donors (Lipinski definition) is 1. The Morgan fingerprint density at radius 1 is 0.526 bits per heavy atom. The minimum absolute atomic E-state index is 0.347. The third-order valence-electron chi connectivity index (χ3n) is 2.55. The largest absolute Gasteiger partial charge is 0.390 e. The number of hydrogen-bond acceptors (Lipinski definition) is 1. The van der Waals surface area contributed by atoms with Gasteiger partial charge in [0.2, 0.25) is 0 Å². The van der Waals surface area contributed by atoms with Gasteiger partial charge in [0.15, 0.2) is 0 Å². The van der Waals surface area contributed by atoms with Crippen LogP contribution in [0.1, 0.15) is 95.4 Å². The highest BCUT2D eigenvalue weighted by Gasteiger charge is 2.20. The highest BCUT2D eigenvalue weighted by Crippen LogP contribution is 2.31. The van der Waals surface area contributed by atoms with Crippen LogP contribution >= 0.6 is 0 Å². The van der Waals surface area contributed by atoms with E-state index in [0.717, 1.165) is 12.8 Å². The van der Waals surface area contributed by atoms with Gasteiger partial charge >= 0.3 is 0 Å². The van der Waals surface area contributed by atoms with E-state index in [1.54, 1.807) is 0 Å². The van der Waals surface area contributed by atoms with Gasteiger partial charge in [0, 0.05) is 0 Å². The van der Waals surface area contributed by atoms with Gasteiger partial charge in [0.05, 0.1) is 5.60 Å². The first-order valence-corrected chi connectivity index (χ1v) is 7.64. The molecule has 0 unspecified atom stereocenters. The zero-order valence-electron chi connectivity index (χ0n) is 15.6. The quantitative estimate of drug-likeness (QED) is 0.648. The van der Waals surface area contributed by atoms with Crippen molar-refractivity contribution in [2.24, 2.45) is 16.2 Å². The molecule has 1 nitrogen and oxygen atoms in total. The van der Waals surface area contributed by atoms with Crippen LogP contribution in [0.5, 0.6) is 0 Å². The lowest BCUT2D eigenvalue weighted by molar-refractivity contribution is 0.0582. The second-order valence-corrected chi connectivity index (χ2v) is 10.2. The molecule has 0 fully saturated rings. The Labute approximate surface area is 123 Å². The average Bonchev–Trinajstić information content (AvgIpc) is 1.91. The van der Waals surface area contributed by atoms with Crippen molar-refractivity contribution in [1.82, 2.24) is 0 Å². The van der Waals surface area contributed by atoms with Gasteiger partial charge < -0.3 is 5.11 Å². The summed E-state index contributed by atoms with van der Waals surface area (Å²) in [5.41, 5.74) is 0.823. The summed E-state index contributed by atoms with van der Waals surface area (Å²) in [6, 6.07) is 0. The van der Waals surface area contributed by atoms with E-state index in [1.807, 2.05) is 13.8 Å². The predicted molar refractivity (Wildman–Crippen MR) is 88.5 cm³/mol. The average molecular weight is 273 g/mol. The lowest BCUT2D eigenvalue weighted by Gasteiger charge is -2.28. The zero-order valence-corrected chi connectivity index (χ0v) is 15.6. The van der Waals surface area contributed by atoms with Crippen molar-refractivity contribution >= 4 is 0 Å². The van der Waals surface area contributed by atoms with Crippen LogP contribution in [0.4, 0.5) is 0 Å². The fourth-order valence-electron chi connectivity index (χ4n) is 2.27. The molecule has 0 saturated carbocycles. The predicted octanol–water partition coefficient (Wildman–Crippen LogP) is 6.05. The molecule has 0 aliphatic rings. The Morgan fingerprint density at radius 3 is 0.895 bits per heavy atom. The molecule has 0 heterocycles. The monoisotopic (exact) mass is 272 g/mol. The summed E-state index contributed by atoms with van der Waals surface area (Å²) in [7, 11) is 0. The molecule has 0 aliphatic carbocycles. The molecule has 0 aromatic carbocycles. The first kappa shape index (κ1) is 21.3. The van der Waals surface area contributed by atoms with Gasteiger partial charge in [-0.25, -0.2) is 0 Å². The summed E-state index contributed by atoms with van der Waals surface area (Å²) in [6.07, 6.45) is 3.26. The first-order valence-electron chi connectivity index (χ1n) is 7.64. The molecule has 0 atom stereocenters. The summed E-state index contributed by atoms with van der Waals surface area (Å²) in [5, 5.41) is 9.38. The molecule has 1 heteroatoms. The number of aliphatic hydroxyl groups is 1. The molecule has 1 N–H and O–H groups in total. The smallest absolute Gasteiger partial charge is 0.0592 e. The van der Waals surface area contributed by atoms with Crippen molar-refractivity contribution in [3.63, 3.8) is 0 Å². The van der Waals surface area contributed by atoms with Crippen molar-refractivity contribution in [1.29, 1.82) is 0 Å². The van der Waals surface area contributed by atoms with Gasteiger partial charge in [-0.2, -0.15) is 0 Å². The molecular weight excluding hydrogens is 232 g/mol. The van der Waals surface area contributed by atoms with Crippen LogP contribution in [-0.4, -0.2) is 10.7 Å². The molecule has 0 aromatic rings. The van der Waals surface area contributed by atoms with Gasteiger partial charge in [-0.1, -0.05) is 62.3 Å². The molecule has 0 bridgehead atoms. The Bertz CT molecular complexity index is 198. The molecule has 118 valence electrons. The van der Waals surface area contributed by atoms with Gasteiger partial charge in [-0.3, -0.25) is 0 Å². The molecule has 0 amide bonds. The van der Waals surface area contributed by atoms with Crippen LogP contribution < -0.4 is 0 Å². The standard InChI is InChI=1S/C9H20O.C9H20/c1-8(2,3)6-7-9(4,5)10;1-8(2,3)7-9(4,5)6/h10H,6-7H2,1-5H3;7H2,1-6H3. The van der Waals surface area contributed by atoms with Crippen molar-refractivity contribution in [2.45, 2.75) is 101 Å². The van der Waals surface area contributed by atoms with E-state index >= 15 is 0 Å². The maximum Gasteiger partial charge on any atom is 0.0592 e. The summed E-state index contributed by atoms with van der Waals surface area (Å²) in [6.45, 7) is 24.0. The Balaban J connectivity index is 0. The second kappa shape index (κ2) is 7.11. The SMILES string of the molecule is CC(C)(C)CC(C)(C)C.CC(C)(C)CCC(C)(C)O. The third-order valence-corrected chi connectivity index (χ3v) is 2.55. The summed E-state index contributed by atoms with van der Waals surface area (Å²) in [4.78, 5) is 0. The molecule has 0 spiro atoms. The molecule has 0 saturated heterocycles. The van der Waals surface area contributed by atoms with Crippen LogP contribution in [0, 0.1) is 16.2 Å². The highest BCUT2D eigenvalue weighted by atomic mass is 16.3. The lowest BCUT2D eigenvalue weighted by atomic mass is 9.78. The molecule has 0 radical (unpaired) electrons. The van der Waals surface area contributed by atoms with Gasteiger partial charge in [-0.15, -0.1) is 0 Å². The Hall–Kier alpha value is -0.0400. The Kier molecular flexibility index (Phi) is 7.95. The molecule has 19 heavy (non-hydrogen) atoms. The fourth-order valence-corrected chi connectivity index (χ4v) is 2.27. The fraction of sp³-hybridized carbons (Fsp3) is 1.00. The third kappa shape index (κ3) is 27.2. The zero-order chi connectivity index (χ0) is 16.1. The second-order valence-electron chi connectivity index (χ2n) is 10.2. The van der Waals surface area contributed by atoms with Crippen LogP contribution in [0.2, 0.25) is 0 Å². The van der Waals surface area contributed by atoms with E-state index in [0.29, 0.717) is 16.2 Å². The van der Waals surface area contributed by atoms with E-state index in [-0.39, 0.29) is 0 Å². The Morgan fingerprint density at radius 2 is 0.842 bits per heavy atom. The van der Waals surface area contributed by atoms with Crippen molar-refractivity contribution < 1.29 is 5.11 Å². The minimum atomic E-state index is -0.493. The van der Waals surface area contributed by atoms with Crippen LogP contribution in [0.3, 0.4) is 0 Å². The van der Waals surface area contributed by atoms with E-state index in [2.05, 4.69) is 62.3 Å². The van der Waals surface area contributed by atoms with Crippen LogP contribution in [0.15, 0.2) is 0 Å². The molecule has 0 aromatic heterocycles. The lowest BCUT2D eigenvalue weighted by Crippen LogP contribution is -2.21. The van der Waals surface area contributed by atoms with Crippen LogP contribution in [-0.2, 0) is 0 Å². The summed E-state index contributed by atoms with van der Waals surface area (Å²) >= 11 is 0. The van der Waals surface area contributed by atoms with Crippen molar-refractivity contribution in [3.8, 4) is 0 Å². The maximum absolute atomic E-state index is 9.38. The van der Waals surface area contributed by atoms with Gasteiger partial charge in [0.1, 0.15) is 0 Å². The van der Waals surface area contributed by atoms with Gasteiger partial charge in [-0.05, 0) is 49.4 Å². The molecule has 0 aliphatic heterocycles. The first-order chi connectivity index (χ1) is 7.91. The van der Waals surface area contributed by atoms with E-state index < -0.39 is 5.60 Å². The minimum Gasteiger partial charge on any atom is -0.390 e. The van der Waals surface area contributed by atoms with E-state index in [1.165, 1.54) is 6.42 Å². The maximum atomic E-state index is 9.38. The number of rotatable bonds is 2. The molecular formula is C18H40O. The molecule has 0 rings (SSSR count). The highest BCUT2D eigenvalue weighted by molar-refractivity contribution is 4.71. The van der Waals surface area contributed by atoms with Crippen molar-refractivity contribution in [3.05, 3.63) is 0 Å². The topological polar surface area (TPSA) is 20.2 Å². The summed E-state index contributed by atoms with van der Waals surface area (Å²) in [5.74, 6) is 0.